The Balaban J connectivity index is 0. The second-order valence-corrected chi connectivity index (χ2v) is 0. The van der Waals surface area contributed by atoms with E-state index in [1.54, 1.807) is 0 Å². The van der Waals surface area contributed by atoms with E-state index in [1.807, 2.05) is 0 Å². The predicted octanol–water partition coefficient (Wildman–Crippen LogP) is -24.3. The zero-order chi connectivity index (χ0) is 0. The van der Waals surface area contributed by atoms with Crippen LogP contribution in [0.2, 0.25) is 0 Å². The standard InChI is InChI=1S/8FH.Mg.U/h8*1H;;/q;;;;;;;;+2;/p-8. The minimum absolute atomic E-state index is 0. The predicted molar refractivity (Wildman–Crippen MR) is 5.75 cm³/mol. The molecule has 0 nitrogen and oxygen atoms in total. The number of hydrogen-bond acceptors (Lipinski definition) is 0. The minimum Gasteiger partial charge on any atom is -1.00 e. The Bertz CT molecular complexity index is 9.22. The van der Waals surface area contributed by atoms with Gasteiger partial charge in [-0.1, -0.05) is 0 Å². The van der Waals surface area contributed by atoms with Crippen molar-refractivity contribution in [1.29, 1.82) is 0 Å². The Kier molecular flexibility index (Phi) is 41600. The van der Waals surface area contributed by atoms with Crippen molar-refractivity contribution in [3.05, 3.63) is 0 Å². The number of rotatable bonds is 0. The van der Waals surface area contributed by atoms with Gasteiger partial charge in [0.1, 0.15) is 0 Å². The van der Waals surface area contributed by atoms with Crippen molar-refractivity contribution in [2.75, 3.05) is 0 Å². The Labute approximate surface area is 91.3 Å². The van der Waals surface area contributed by atoms with Gasteiger partial charge in [0.05, 0.1) is 0 Å². The maximum Gasteiger partial charge on any atom is 2.00 e. The van der Waals surface area contributed by atoms with Gasteiger partial charge in [0.15, 0.2) is 0 Å². The Morgan fingerprint density at radius 3 is 0.300 bits per heavy atom. The zero-order valence-electron chi connectivity index (χ0n) is 4.23. The van der Waals surface area contributed by atoms with E-state index in [-0.39, 0.29) is 91.8 Å². The summed E-state index contributed by atoms with van der Waals surface area (Å²) in [5.74, 6) is 0. The maximum atomic E-state index is 0. The fourth-order valence-corrected chi connectivity index (χ4v) is 0. The molecule has 0 fully saturated rings. The van der Waals surface area contributed by atoms with Crippen molar-refractivity contribution in [3.8, 4) is 0 Å². The van der Waals surface area contributed by atoms with Crippen LogP contribution in [-0.4, -0.2) is 23.1 Å². The summed E-state index contributed by atoms with van der Waals surface area (Å²) in [5.41, 5.74) is 0. The van der Waals surface area contributed by atoms with Crippen LogP contribution in [0, 0.1) is 31.1 Å². The van der Waals surface area contributed by atoms with E-state index in [2.05, 4.69) is 0 Å². The van der Waals surface area contributed by atoms with Gasteiger partial charge in [-0.15, -0.1) is 0 Å². The first kappa shape index (κ1) is 748. The van der Waals surface area contributed by atoms with Crippen LogP contribution >= 0.6 is 0 Å². The summed E-state index contributed by atoms with van der Waals surface area (Å²) in [5, 5.41) is 0. The third-order valence-corrected chi connectivity index (χ3v) is 0. The van der Waals surface area contributed by atoms with Gasteiger partial charge in [-0.2, -0.15) is 0 Å². The molecular formula is F8MgU-6. The molecule has 0 aromatic carbocycles. The molecule has 0 amide bonds. The van der Waals surface area contributed by atoms with Gasteiger partial charge in [0, 0.05) is 31.1 Å². The van der Waals surface area contributed by atoms with Gasteiger partial charge in [0.25, 0.3) is 0 Å². The summed E-state index contributed by atoms with van der Waals surface area (Å²) in [4.78, 5) is 0. The van der Waals surface area contributed by atoms with E-state index in [4.69, 9.17) is 0 Å². The van der Waals surface area contributed by atoms with Crippen LogP contribution in [0.3, 0.4) is 0 Å². The van der Waals surface area contributed by atoms with Crippen LogP contribution in [-0.2, 0) is 0 Å². The number of halogens is 8. The molecule has 68 valence electrons. The SMILES string of the molecule is [F-].[F-].[F-].[F-].[F-].[F-].[F-].[F-].[Mg+2].[U]. The quantitative estimate of drug-likeness (QED) is 0.273. The van der Waals surface area contributed by atoms with E-state index < -0.39 is 0 Å². The molecule has 0 aromatic rings. The van der Waals surface area contributed by atoms with Crippen LogP contribution in [0.15, 0.2) is 0 Å². The molecule has 0 aromatic heterocycles. The molecule has 0 spiro atoms. The summed E-state index contributed by atoms with van der Waals surface area (Å²) in [6.45, 7) is 0. The molecule has 0 saturated heterocycles. The molecule has 0 heterocycles. The molecule has 0 radical (unpaired) electrons. The maximum absolute atomic E-state index is 0. The molecule has 0 rings (SSSR count). The van der Waals surface area contributed by atoms with Crippen LogP contribution in [0.1, 0.15) is 0 Å². The van der Waals surface area contributed by atoms with Gasteiger partial charge < -0.3 is 37.6 Å². The smallest absolute Gasteiger partial charge is 1.00 e. The molecule has 0 bridgehead atoms. The van der Waals surface area contributed by atoms with Gasteiger partial charge >= 0.3 is 23.1 Å². The van der Waals surface area contributed by atoms with E-state index in [9.17, 15) is 0 Å². The molecule has 0 N–H and O–H groups in total. The summed E-state index contributed by atoms with van der Waals surface area (Å²) >= 11 is 0. The van der Waals surface area contributed by atoms with Gasteiger partial charge in [-0.25, -0.2) is 0 Å². The molecule has 0 saturated carbocycles. The monoisotopic (exact) mass is 414 g/mol. The Morgan fingerprint density at radius 1 is 0.300 bits per heavy atom. The molecule has 0 aliphatic heterocycles. The second kappa shape index (κ2) is 555. The molecule has 10 heteroatoms. The van der Waals surface area contributed by atoms with Crippen molar-refractivity contribution < 1.29 is 68.7 Å². The first-order valence-corrected chi connectivity index (χ1v) is 0. The Morgan fingerprint density at radius 2 is 0.300 bits per heavy atom. The van der Waals surface area contributed by atoms with Crippen molar-refractivity contribution in [2.24, 2.45) is 0 Å². The Hall–Kier alpha value is 1.26. The third-order valence-electron chi connectivity index (χ3n) is 0. The topological polar surface area (TPSA) is 0 Å². The van der Waals surface area contributed by atoms with Gasteiger partial charge in [-0.3, -0.25) is 0 Å². The first-order chi connectivity index (χ1) is 0. The molecule has 0 aliphatic carbocycles. The molecule has 0 atom stereocenters. The summed E-state index contributed by atoms with van der Waals surface area (Å²) in [7, 11) is 0. The third kappa shape index (κ3) is 399. The zero-order valence-corrected chi connectivity index (χ0v) is 9.81. The normalized spacial score (nSPS) is 0. The molecule has 0 aliphatic rings. The van der Waals surface area contributed by atoms with Crippen LogP contribution in [0.4, 0.5) is 0 Å². The van der Waals surface area contributed by atoms with Crippen molar-refractivity contribution in [1.82, 2.24) is 0 Å². The molecule has 10 heavy (non-hydrogen) atoms. The van der Waals surface area contributed by atoms with Crippen molar-refractivity contribution in [3.63, 3.8) is 0 Å². The van der Waals surface area contributed by atoms with E-state index in [1.165, 1.54) is 0 Å². The average Bonchev–Trinajstić information content (AvgIpc) is 0. The van der Waals surface area contributed by atoms with Crippen LogP contribution in [0.25, 0.3) is 0 Å². The first-order valence-electron chi connectivity index (χ1n) is 0. The second-order valence-electron chi connectivity index (χ2n) is 0. The fourth-order valence-electron chi connectivity index (χ4n) is 0. The molecular weight excluding hydrogens is 414 g/mol. The van der Waals surface area contributed by atoms with Crippen molar-refractivity contribution >= 4 is 23.1 Å². The molecule has 0 unspecified atom stereocenters. The van der Waals surface area contributed by atoms with Crippen LogP contribution < -0.4 is 37.6 Å². The minimum atomic E-state index is 0. The summed E-state index contributed by atoms with van der Waals surface area (Å²) < 4.78 is 0. The summed E-state index contributed by atoms with van der Waals surface area (Å²) in [6.07, 6.45) is 0. The van der Waals surface area contributed by atoms with Crippen LogP contribution in [0.5, 0.6) is 0 Å². The fraction of sp³-hybridized carbons (Fsp3) is 0. The van der Waals surface area contributed by atoms with Gasteiger partial charge in [0.2, 0.25) is 0 Å². The van der Waals surface area contributed by atoms with E-state index in [0.29, 0.717) is 0 Å². The summed E-state index contributed by atoms with van der Waals surface area (Å²) in [6, 6.07) is 0. The van der Waals surface area contributed by atoms with Crippen molar-refractivity contribution in [2.45, 2.75) is 0 Å². The average molecular weight is 414 g/mol. The number of hydrogen-bond donors (Lipinski definition) is 0. The van der Waals surface area contributed by atoms with E-state index >= 15 is 0 Å². The largest absolute Gasteiger partial charge is 2.00 e. The van der Waals surface area contributed by atoms with Gasteiger partial charge in [-0.05, 0) is 0 Å². The van der Waals surface area contributed by atoms with E-state index in [0.717, 1.165) is 0 Å².